The van der Waals surface area contributed by atoms with Crippen LogP contribution in [0.15, 0.2) is 0 Å². The second kappa shape index (κ2) is 19.3. The first-order valence-electron chi connectivity index (χ1n) is 7.49. The summed E-state index contributed by atoms with van der Waals surface area (Å²) in [7, 11) is 0. The van der Waals surface area contributed by atoms with Crippen LogP contribution in [-0.4, -0.2) is 13.2 Å². The Labute approximate surface area is 133 Å². The van der Waals surface area contributed by atoms with E-state index in [0.29, 0.717) is 0 Å². The molecule has 0 saturated heterocycles. The molecule has 0 radical (unpaired) electrons. The molecule has 0 aliphatic carbocycles. The van der Waals surface area contributed by atoms with Crippen molar-refractivity contribution in [2.75, 3.05) is 13.2 Å². The first-order chi connectivity index (χ1) is 7.91. The van der Waals surface area contributed by atoms with Gasteiger partial charge in [-0.2, -0.15) is 0 Å². The van der Waals surface area contributed by atoms with E-state index in [2.05, 4.69) is 13.8 Å². The zero-order valence-electron chi connectivity index (χ0n) is 13.6. The van der Waals surface area contributed by atoms with Crippen molar-refractivity contribution in [2.24, 2.45) is 0 Å². The zero-order chi connectivity index (χ0) is 11.9. The molecule has 0 aromatic heterocycles. The van der Waals surface area contributed by atoms with E-state index in [1.807, 2.05) is 0 Å². The van der Waals surface area contributed by atoms with E-state index < -0.39 is 0 Å². The summed E-state index contributed by atoms with van der Waals surface area (Å²) < 4.78 is 5.32. The monoisotopic (exact) mass is 252 g/mol. The number of ether oxygens (including phenoxy) is 1. The van der Waals surface area contributed by atoms with E-state index in [0.717, 1.165) is 13.2 Å². The molecule has 0 aromatic carbocycles. The predicted molar refractivity (Wildman–Crippen MR) is 74.1 cm³/mol. The Morgan fingerprint density at radius 2 is 1.06 bits per heavy atom. The Balaban J connectivity index is -0.00000112. The number of hydrogen-bond acceptors (Lipinski definition) is 1. The third-order valence-corrected chi connectivity index (χ3v) is 3.10. The molecule has 1 nitrogen and oxygen atoms in total. The van der Waals surface area contributed by atoms with Crippen molar-refractivity contribution in [2.45, 2.75) is 84.5 Å². The normalized spacial score (nSPS) is 10.2. The van der Waals surface area contributed by atoms with Crippen LogP contribution in [0, 0.1) is 0 Å². The van der Waals surface area contributed by atoms with Crippen molar-refractivity contribution >= 4 is 0 Å². The molecular weight excluding hydrogens is 219 g/mol. The Bertz CT molecular complexity index is 109. The summed E-state index contributed by atoms with van der Waals surface area (Å²) in [5.41, 5.74) is 0. The van der Waals surface area contributed by atoms with Crippen LogP contribution < -0.4 is 29.6 Å². The fourth-order valence-electron chi connectivity index (χ4n) is 2.01. The molecule has 2 heteroatoms. The van der Waals surface area contributed by atoms with Crippen LogP contribution in [0.25, 0.3) is 0 Å². The van der Waals surface area contributed by atoms with E-state index in [4.69, 9.17) is 4.74 Å². The van der Waals surface area contributed by atoms with Crippen LogP contribution in [-0.2, 0) is 4.74 Å². The fraction of sp³-hybridized carbons (Fsp3) is 1.00. The molecule has 0 saturated carbocycles. The van der Waals surface area contributed by atoms with Crippen LogP contribution in [0.1, 0.15) is 85.9 Å². The van der Waals surface area contributed by atoms with Crippen LogP contribution in [0.2, 0.25) is 0 Å². The van der Waals surface area contributed by atoms with E-state index in [1.54, 1.807) is 0 Å². The van der Waals surface area contributed by atoms with Crippen molar-refractivity contribution in [1.82, 2.24) is 0 Å². The van der Waals surface area contributed by atoms with Crippen molar-refractivity contribution in [3.05, 3.63) is 0 Å². The first-order valence-corrected chi connectivity index (χ1v) is 7.49. The standard InChI is InChI=1S/C15H32O.Na.H/c1-3-5-6-7-8-9-10-11-12-13-14-15-16-4-2;;/h3-15H2,1-2H3;;/q;+1;-1. The minimum atomic E-state index is 0. The second-order valence-electron chi connectivity index (χ2n) is 4.73. The average Bonchev–Trinajstić information content (AvgIpc) is 2.31. The van der Waals surface area contributed by atoms with Gasteiger partial charge in [-0.3, -0.25) is 0 Å². The van der Waals surface area contributed by atoms with Gasteiger partial charge in [-0.05, 0) is 13.3 Å². The molecule has 0 unspecified atom stereocenters. The molecule has 0 aromatic rings. The Morgan fingerprint density at radius 3 is 1.47 bits per heavy atom. The molecule has 0 bridgehead atoms. The SMILES string of the molecule is CCCCCCCCCCCCCOCC.[H-].[Na+]. The van der Waals surface area contributed by atoms with Crippen molar-refractivity contribution in [3.8, 4) is 0 Å². The molecular formula is C15H33NaO. The summed E-state index contributed by atoms with van der Waals surface area (Å²) in [5.74, 6) is 0. The van der Waals surface area contributed by atoms with Gasteiger partial charge in [0, 0.05) is 13.2 Å². The Hall–Kier alpha value is 0.960. The summed E-state index contributed by atoms with van der Waals surface area (Å²) in [6.45, 7) is 6.19. The van der Waals surface area contributed by atoms with Gasteiger partial charge < -0.3 is 6.16 Å². The molecule has 0 aliphatic heterocycles. The van der Waals surface area contributed by atoms with Gasteiger partial charge in [0.2, 0.25) is 0 Å². The van der Waals surface area contributed by atoms with Crippen molar-refractivity contribution in [1.29, 1.82) is 0 Å². The third-order valence-electron chi connectivity index (χ3n) is 3.10. The van der Waals surface area contributed by atoms with Gasteiger partial charge in [0.15, 0.2) is 0 Å². The van der Waals surface area contributed by atoms with Crippen LogP contribution in [0.5, 0.6) is 0 Å². The second-order valence-corrected chi connectivity index (χ2v) is 4.73. The summed E-state index contributed by atoms with van der Waals surface area (Å²) in [6.07, 6.45) is 15.5. The van der Waals surface area contributed by atoms with E-state index >= 15 is 0 Å². The van der Waals surface area contributed by atoms with Crippen molar-refractivity contribution in [3.63, 3.8) is 0 Å². The maximum atomic E-state index is 5.32. The Kier molecular flexibility index (Phi) is 23.0. The van der Waals surface area contributed by atoms with Gasteiger partial charge in [0.1, 0.15) is 0 Å². The maximum absolute atomic E-state index is 5.32. The van der Waals surface area contributed by atoms with Gasteiger partial charge in [-0.25, -0.2) is 0 Å². The molecule has 17 heavy (non-hydrogen) atoms. The van der Waals surface area contributed by atoms with E-state index in [9.17, 15) is 0 Å². The van der Waals surface area contributed by atoms with Crippen LogP contribution >= 0.6 is 0 Å². The topological polar surface area (TPSA) is 9.23 Å². The van der Waals surface area contributed by atoms with Gasteiger partial charge >= 0.3 is 29.6 Å². The number of rotatable bonds is 13. The summed E-state index contributed by atoms with van der Waals surface area (Å²) in [4.78, 5) is 0. The molecule has 0 heterocycles. The third kappa shape index (κ3) is 19.5. The fourth-order valence-corrected chi connectivity index (χ4v) is 2.01. The van der Waals surface area contributed by atoms with Crippen molar-refractivity contribution < 1.29 is 35.7 Å². The quantitative estimate of drug-likeness (QED) is 0.361. The molecule has 0 fully saturated rings. The van der Waals surface area contributed by atoms with E-state index in [-0.39, 0.29) is 31.0 Å². The largest absolute Gasteiger partial charge is 1.00 e. The summed E-state index contributed by atoms with van der Waals surface area (Å²) >= 11 is 0. The smallest absolute Gasteiger partial charge is 1.00 e. The predicted octanol–water partition coefficient (Wildman–Crippen LogP) is 2.45. The average molecular weight is 252 g/mol. The molecule has 0 spiro atoms. The molecule has 0 aliphatic rings. The number of hydrogen-bond donors (Lipinski definition) is 0. The molecule has 0 atom stereocenters. The minimum Gasteiger partial charge on any atom is -1.00 e. The first kappa shape index (κ1) is 20.3. The van der Waals surface area contributed by atoms with Crippen LogP contribution in [0.3, 0.4) is 0 Å². The molecule has 0 rings (SSSR count). The van der Waals surface area contributed by atoms with E-state index in [1.165, 1.54) is 70.6 Å². The maximum Gasteiger partial charge on any atom is 1.00 e. The van der Waals surface area contributed by atoms with Gasteiger partial charge in [-0.15, -0.1) is 0 Å². The molecule has 100 valence electrons. The number of unbranched alkanes of at least 4 members (excludes halogenated alkanes) is 10. The summed E-state index contributed by atoms with van der Waals surface area (Å²) in [5, 5.41) is 0. The Morgan fingerprint density at radius 1 is 0.647 bits per heavy atom. The minimum absolute atomic E-state index is 0. The van der Waals surface area contributed by atoms with Gasteiger partial charge in [-0.1, -0.05) is 71.1 Å². The zero-order valence-corrected chi connectivity index (χ0v) is 14.6. The molecule has 0 amide bonds. The van der Waals surface area contributed by atoms with Crippen LogP contribution in [0.4, 0.5) is 0 Å². The van der Waals surface area contributed by atoms with Gasteiger partial charge in [0.05, 0.1) is 0 Å². The summed E-state index contributed by atoms with van der Waals surface area (Å²) in [6, 6.07) is 0. The molecule has 0 N–H and O–H groups in total. The van der Waals surface area contributed by atoms with Gasteiger partial charge in [0.25, 0.3) is 0 Å².